The van der Waals surface area contributed by atoms with Crippen LogP contribution < -0.4 is 5.32 Å². The quantitative estimate of drug-likeness (QED) is 0.494. The third-order valence-corrected chi connectivity index (χ3v) is 5.18. The van der Waals surface area contributed by atoms with Crippen LogP contribution in [0.1, 0.15) is 57.8 Å². The summed E-state index contributed by atoms with van der Waals surface area (Å²) in [6.07, 6.45) is 11.3. The highest BCUT2D eigenvalue weighted by Gasteiger charge is 2.36. The first-order valence-corrected chi connectivity index (χ1v) is 8.71. The second-order valence-electron chi connectivity index (χ2n) is 6.74. The Bertz CT molecular complexity index is 387. The Balaban J connectivity index is 1.90. The van der Waals surface area contributed by atoms with Crippen LogP contribution in [0.15, 0.2) is 4.99 Å². The molecule has 1 heterocycles. The number of nitrogens with one attached hydrogen (secondary N) is 1. The summed E-state index contributed by atoms with van der Waals surface area (Å²) in [5, 5.41) is 3.32. The number of ether oxygens (including phenoxy) is 1. The van der Waals surface area contributed by atoms with E-state index in [4.69, 9.17) is 0 Å². The van der Waals surface area contributed by atoms with E-state index >= 15 is 0 Å². The molecule has 0 radical (unpaired) electrons. The topological polar surface area (TPSA) is 53.9 Å². The summed E-state index contributed by atoms with van der Waals surface area (Å²) >= 11 is 0. The molecule has 1 saturated heterocycles. The molecular formula is C17H31N3O2. The highest BCUT2D eigenvalue weighted by molar-refractivity contribution is 5.80. The first kappa shape index (κ1) is 17.1. The molecule has 1 N–H and O–H groups in total. The molecule has 2 rings (SSSR count). The molecule has 5 heteroatoms. The second-order valence-corrected chi connectivity index (χ2v) is 6.74. The van der Waals surface area contributed by atoms with Crippen LogP contribution in [0.3, 0.4) is 0 Å². The van der Waals surface area contributed by atoms with E-state index in [9.17, 15) is 4.79 Å². The van der Waals surface area contributed by atoms with Gasteiger partial charge in [0.25, 0.3) is 0 Å². The Kier molecular flexibility index (Phi) is 6.52. The zero-order chi connectivity index (χ0) is 15.8. The predicted octanol–water partition coefficient (Wildman–Crippen LogP) is 2.56. The maximum atomic E-state index is 11.2. The minimum atomic E-state index is -0.179. The number of rotatable bonds is 3. The van der Waals surface area contributed by atoms with Crippen LogP contribution in [-0.4, -0.2) is 50.6 Å². The van der Waals surface area contributed by atoms with Gasteiger partial charge in [-0.3, -0.25) is 9.79 Å². The van der Waals surface area contributed by atoms with Crippen molar-refractivity contribution < 1.29 is 9.53 Å². The fraction of sp³-hybridized carbons (Fsp3) is 0.882. The number of nitrogens with zero attached hydrogens (tertiary/aromatic N) is 2. The van der Waals surface area contributed by atoms with E-state index in [2.05, 4.69) is 19.9 Å². The van der Waals surface area contributed by atoms with Gasteiger partial charge >= 0.3 is 5.97 Å². The van der Waals surface area contributed by atoms with Crippen molar-refractivity contribution >= 4 is 11.9 Å². The summed E-state index contributed by atoms with van der Waals surface area (Å²) in [5.41, 5.74) is 0.495. The third kappa shape index (κ3) is 4.62. The highest BCUT2D eigenvalue weighted by Crippen LogP contribution is 2.42. The van der Waals surface area contributed by atoms with Gasteiger partial charge < -0.3 is 15.0 Å². The molecule has 1 aliphatic heterocycles. The van der Waals surface area contributed by atoms with Crippen LogP contribution >= 0.6 is 0 Å². The van der Waals surface area contributed by atoms with Crippen LogP contribution in [0.25, 0.3) is 0 Å². The maximum Gasteiger partial charge on any atom is 0.307 e. The van der Waals surface area contributed by atoms with Crippen molar-refractivity contribution in [2.75, 3.05) is 33.8 Å². The van der Waals surface area contributed by atoms with Crippen molar-refractivity contribution in [3.05, 3.63) is 0 Å². The molecule has 0 atom stereocenters. The lowest BCUT2D eigenvalue weighted by Gasteiger charge is -2.44. The summed E-state index contributed by atoms with van der Waals surface area (Å²) < 4.78 is 4.68. The lowest BCUT2D eigenvalue weighted by Crippen LogP contribution is -2.50. The zero-order valence-electron chi connectivity index (χ0n) is 14.2. The van der Waals surface area contributed by atoms with Crippen molar-refractivity contribution in [2.24, 2.45) is 10.4 Å². The minimum Gasteiger partial charge on any atom is -0.469 e. The number of aliphatic imine (C=N–C) groups is 1. The van der Waals surface area contributed by atoms with Crippen molar-refractivity contribution in [3.8, 4) is 0 Å². The third-order valence-electron chi connectivity index (χ3n) is 5.18. The average molecular weight is 309 g/mol. The van der Waals surface area contributed by atoms with E-state index in [-0.39, 0.29) is 5.97 Å². The van der Waals surface area contributed by atoms with E-state index in [0.29, 0.717) is 18.4 Å². The summed E-state index contributed by atoms with van der Waals surface area (Å²) in [6, 6.07) is 0. The van der Waals surface area contributed by atoms with Crippen LogP contribution in [0.2, 0.25) is 0 Å². The summed E-state index contributed by atoms with van der Waals surface area (Å²) in [5.74, 6) is 0.758. The lowest BCUT2D eigenvalue weighted by molar-refractivity contribution is -0.140. The number of esters is 1. The normalized spacial score (nSPS) is 22.3. The number of hydrogen-bond acceptors (Lipinski definition) is 3. The largest absolute Gasteiger partial charge is 0.469 e. The summed E-state index contributed by atoms with van der Waals surface area (Å²) in [6.45, 7) is 2.77. The van der Waals surface area contributed by atoms with Gasteiger partial charge in [0.1, 0.15) is 0 Å². The molecule has 2 aliphatic rings. The van der Waals surface area contributed by atoms with E-state index in [1.807, 2.05) is 7.05 Å². The van der Waals surface area contributed by atoms with Gasteiger partial charge in [-0.25, -0.2) is 0 Å². The average Bonchev–Trinajstić information content (AvgIpc) is 2.77. The van der Waals surface area contributed by atoms with E-state index in [0.717, 1.165) is 19.0 Å². The van der Waals surface area contributed by atoms with Crippen LogP contribution in [0.5, 0.6) is 0 Å². The SMILES string of the molecule is CN=C(NCCC(=O)OC)N1CCCC2(CCCCCC2)C1. The molecule has 0 unspecified atom stereocenters. The van der Waals surface area contributed by atoms with Gasteiger partial charge in [-0.1, -0.05) is 25.7 Å². The number of carbonyl (C=O) groups is 1. The smallest absolute Gasteiger partial charge is 0.307 e. The molecular weight excluding hydrogens is 278 g/mol. The number of likely N-dealkylation sites (tertiary alicyclic amines) is 1. The number of guanidine groups is 1. The van der Waals surface area contributed by atoms with Gasteiger partial charge in [-0.2, -0.15) is 0 Å². The van der Waals surface area contributed by atoms with Crippen molar-refractivity contribution in [2.45, 2.75) is 57.8 Å². The van der Waals surface area contributed by atoms with Crippen LogP contribution in [0, 0.1) is 5.41 Å². The van der Waals surface area contributed by atoms with Crippen LogP contribution in [-0.2, 0) is 9.53 Å². The summed E-state index contributed by atoms with van der Waals surface area (Å²) in [7, 11) is 3.26. The Morgan fingerprint density at radius 2 is 1.86 bits per heavy atom. The van der Waals surface area contributed by atoms with Gasteiger partial charge in [-0.05, 0) is 31.1 Å². The predicted molar refractivity (Wildman–Crippen MR) is 88.9 cm³/mol. The van der Waals surface area contributed by atoms with E-state index in [1.54, 1.807) is 0 Å². The van der Waals surface area contributed by atoms with Gasteiger partial charge in [0.2, 0.25) is 0 Å². The molecule has 0 aromatic heterocycles. The standard InChI is InChI=1S/C17H31N3O2/c1-18-16(19-12-8-15(21)22-2)20-13-7-11-17(14-20)9-5-3-4-6-10-17/h3-14H2,1-2H3,(H,18,19). The minimum absolute atomic E-state index is 0.179. The number of carbonyl (C=O) groups excluding carboxylic acids is 1. The maximum absolute atomic E-state index is 11.2. The van der Waals surface area contributed by atoms with Crippen LogP contribution in [0.4, 0.5) is 0 Å². The molecule has 0 amide bonds. The molecule has 126 valence electrons. The van der Waals surface area contributed by atoms with Crippen molar-refractivity contribution in [3.63, 3.8) is 0 Å². The Hall–Kier alpha value is -1.26. The van der Waals surface area contributed by atoms with Crippen molar-refractivity contribution in [1.29, 1.82) is 0 Å². The summed E-state index contributed by atoms with van der Waals surface area (Å²) in [4.78, 5) is 18.0. The Morgan fingerprint density at radius 3 is 2.50 bits per heavy atom. The van der Waals surface area contributed by atoms with E-state index < -0.39 is 0 Å². The molecule has 22 heavy (non-hydrogen) atoms. The second kappa shape index (κ2) is 8.39. The Morgan fingerprint density at radius 1 is 1.18 bits per heavy atom. The molecule has 0 aromatic rings. The number of piperidine rings is 1. The Labute approximate surface area is 134 Å². The number of hydrogen-bond donors (Lipinski definition) is 1. The molecule has 1 aliphatic carbocycles. The molecule has 1 saturated carbocycles. The van der Waals surface area contributed by atoms with Gasteiger partial charge in [0.05, 0.1) is 13.5 Å². The zero-order valence-corrected chi connectivity index (χ0v) is 14.2. The fourth-order valence-corrected chi connectivity index (χ4v) is 3.99. The van der Waals surface area contributed by atoms with Gasteiger partial charge in [-0.15, -0.1) is 0 Å². The van der Waals surface area contributed by atoms with Gasteiger partial charge in [0.15, 0.2) is 5.96 Å². The molecule has 2 fully saturated rings. The van der Waals surface area contributed by atoms with Gasteiger partial charge in [0, 0.05) is 26.7 Å². The van der Waals surface area contributed by atoms with Crippen molar-refractivity contribution in [1.82, 2.24) is 10.2 Å². The molecule has 5 nitrogen and oxygen atoms in total. The monoisotopic (exact) mass is 309 g/mol. The fourth-order valence-electron chi connectivity index (χ4n) is 3.99. The first-order valence-electron chi connectivity index (χ1n) is 8.71. The molecule has 0 aromatic carbocycles. The highest BCUT2D eigenvalue weighted by atomic mass is 16.5. The number of methoxy groups -OCH3 is 1. The van der Waals surface area contributed by atoms with E-state index in [1.165, 1.54) is 58.5 Å². The molecule has 0 bridgehead atoms. The first-order chi connectivity index (χ1) is 10.7. The molecule has 1 spiro atoms. The lowest BCUT2D eigenvalue weighted by atomic mass is 9.74.